The minimum atomic E-state index is 0. The average Bonchev–Trinajstić information content (AvgIpc) is 3.29. The van der Waals surface area contributed by atoms with Gasteiger partial charge in [-0.05, 0) is 36.2 Å². The van der Waals surface area contributed by atoms with Crippen molar-refractivity contribution in [3.05, 3.63) is 78.1 Å². The third-order valence-electron chi connectivity index (χ3n) is 4.47. The number of rotatable bonds is 10. The van der Waals surface area contributed by atoms with Crippen molar-refractivity contribution in [2.75, 3.05) is 26.8 Å². The monoisotopic (exact) mass is 535 g/mol. The summed E-state index contributed by atoms with van der Waals surface area (Å²) in [6.07, 6.45) is 3.76. The molecule has 0 saturated carbocycles. The minimum absolute atomic E-state index is 0. The van der Waals surface area contributed by atoms with Crippen LogP contribution in [0.1, 0.15) is 18.1 Å². The van der Waals surface area contributed by atoms with Crippen molar-refractivity contribution in [2.24, 2.45) is 4.99 Å². The van der Waals surface area contributed by atoms with Crippen LogP contribution in [-0.4, -0.2) is 42.5 Å². The van der Waals surface area contributed by atoms with Crippen LogP contribution in [0.5, 0.6) is 11.5 Å². The summed E-state index contributed by atoms with van der Waals surface area (Å²) in [4.78, 5) is 4.73. The largest absolute Gasteiger partial charge is 0.497 e. The van der Waals surface area contributed by atoms with Crippen LogP contribution in [0.15, 0.2) is 72.0 Å². The topological polar surface area (TPSA) is 72.7 Å². The van der Waals surface area contributed by atoms with E-state index < -0.39 is 0 Å². The van der Waals surface area contributed by atoms with Crippen LogP contribution >= 0.6 is 24.0 Å². The van der Waals surface area contributed by atoms with E-state index in [1.807, 2.05) is 53.3 Å². The Bertz CT molecular complexity index is 931. The first-order valence-electron chi connectivity index (χ1n) is 10.1. The van der Waals surface area contributed by atoms with Crippen molar-refractivity contribution >= 4 is 29.9 Å². The molecule has 7 nitrogen and oxygen atoms in total. The number of ether oxygens (including phenoxy) is 2. The Morgan fingerprint density at radius 2 is 1.84 bits per heavy atom. The van der Waals surface area contributed by atoms with Gasteiger partial charge in [0.1, 0.15) is 18.1 Å². The highest BCUT2D eigenvalue weighted by atomic mass is 127. The van der Waals surface area contributed by atoms with Gasteiger partial charge in [-0.3, -0.25) is 4.68 Å². The van der Waals surface area contributed by atoms with Gasteiger partial charge in [0, 0.05) is 25.0 Å². The van der Waals surface area contributed by atoms with E-state index in [0.717, 1.165) is 30.5 Å². The molecule has 0 aliphatic carbocycles. The molecule has 0 atom stereocenters. The average molecular weight is 535 g/mol. The zero-order valence-electron chi connectivity index (χ0n) is 18.0. The molecule has 3 rings (SSSR count). The van der Waals surface area contributed by atoms with Crippen molar-refractivity contribution < 1.29 is 9.47 Å². The Kier molecular flexibility index (Phi) is 10.7. The van der Waals surface area contributed by atoms with E-state index in [0.29, 0.717) is 19.7 Å². The molecule has 0 saturated heterocycles. The lowest BCUT2D eigenvalue weighted by molar-refractivity contribution is 0.319. The van der Waals surface area contributed by atoms with Gasteiger partial charge in [-0.2, -0.15) is 5.10 Å². The molecule has 0 aliphatic rings. The lowest BCUT2D eigenvalue weighted by atomic mass is 10.1. The van der Waals surface area contributed by atoms with Gasteiger partial charge in [0.15, 0.2) is 5.96 Å². The number of aromatic nitrogens is 2. The first-order chi connectivity index (χ1) is 14.8. The summed E-state index contributed by atoms with van der Waals surface area (Å²) in [5.74, 6) is 2.33. The van der Waals surface area contributed by atoms with Crippen LogP contribution in [0.4, 0.5) is 0 Å². The van der Waals surface area contributed by atoms with E-state index in [2.05, 4.69) is 34.8 Å². The van der Waals surface area contributed by atoms with Gasteiger partial charge >= 0.3 is 0 Å². The quantitative estimate of drug-likeness (QED) is 0.179. The number of hydrogen-bond donors (Lipinski definition) is 2. The van der Waals surface area contributed by atoms with E-state index in [1.54, 1.807) is 13.3 Å². The lowest BCUT2D eigenvalue weighted by Gasteiger charge is -2.13. The van der Waals surface area contributed by atoms with Gasteiger partial charge in [0.25, 0.3) is 0 Å². The molecule has 0 amide bonds. The van der Waals surface area contributed by atoms with Crippen molar-refractivity contribution in [1.29, 1.82) is 0 Å². The van der Waals surface area contributed by atoms with Crippen molar-refractivity contribution in [1.82, 2.24) is 20.4 Å². The predicted molar refractivity (Wildman–Crippen MR) is 134 cm³/mol. The SMILES string of the molecule is CCNC(=NCc1ccccc1Cn1cccn1)NCCOc1cccc(OC)c1.I. The van der Waals surface area contributed by atoms with Gasteiger partial charge in [-0.15, -0.1) is 24.0 Å². The normalized spacial score (nSPS) is 10.8. The lowest BCUT2D eigenvalue weighted by Crippen LogP contribution is -2.39. The molecule has 0 aliphatic heterocycles. The van der Waals surface area contributed by atoms with Crippen molar-refractivity contribution in [3.63, 3.8) is 0 Å². The van der Waals surface area contributed by atoms with Gasteiger partial charge in [0.2, 0.25) is 0 Å². The number of halogens is 1. The number of nitrogens with zero attached hydrogens (tertiary/aromatic N) is 3. The fourth-order valence-electron chi connectivity index (χ4n) is 2.97. The standard InChI is InChI=1S/C23H29N5O2.HI/c1-3-24-23(25-13-15-30-22-11-6-10-21(16-22)29-2)26-17-19-8-4-5-9-20(19)18-28-14-7-12-27-28;/h4-12,14,16H,3,13,15,17-18H2,1-2H3,(H2,24,25,26);1H. The van der Waals surface area contributed by atoms with E-state index in [1.165, 1.54) is 11.1 Å². The van der Waals surface area contributed by atoms with Crippen LogP contribution in [0.3, 0.4) is 0 Å². The molecule has 0 spiro atoms. The van der Waals surface area contributed by atoms with Gasteiger partial charge in [-0.1, -0.05) is 30.3 Å². The Labute approximate surface area is 200 Å². The number of guanidine groups is 1. The van der Waals surface area contributed by atoms with Crippen molar-refractivity contribution in [2.45, 2.75) is 20.0 Å². The summed E-state index contributed by atoms with van der Waals surface area (Å²) in [6, 6.07) is 17.8. The molecule has 1 heterocycles. The van der Waals surface area contributed by atoms with E-state index >= 15 is 0 Å². The maximum absolute atomic E-state index is 5.78. The smallest absolute Gasteiger partial charge is 0.191 e. The molecule has 2 aromatic carbocycles. The minimum Gasteiger partial charge on any atom is -0.497 e. The summed E-state index contributed by atoms with van der Waals surface area (Å²) >= 11 is 0. The number of hydrogen-bond acceptors (Lipinski definition) is 4. The van der Waals surface area contributed by atoms with E-state index in [4.69, 9.17) is 14.5 Å². The second kappa shape index (κ2) is 13.5. The van der Waals surface area contributed by atoms with Crippen LogP contribution in [-0.2, 0) is 13.1 Å². The summed E-state index contributed by atoms with van der Waals surface area (Å²) < 4.78 is 12.9. The molecule has 2 N–H and O–H groups in total. The van der Waals surface area contributed by atoms with Gasteiger partial charge in [-0.25, -0.2) is 4.99 Å². The summed E-state index contributed by atoms with van der Waals surface area (Å²) in [5, 5.41) is 10.9. The van der Waals surface area contributed by atoms with Crippen LogP contribution in [0.25, 0.3) is 0 Å². The highest BCUT2D eigenvalue weighted by Gasteiger charge is 2.04. The fourth-order valence-corrected chi connectivity index (χ4v) is 2.97. The molecule has 3 aromatic rings. The third-order valence-corrected chi connectivity index (χ3v) is 4.47. The molecule has 1 aromatic heterocycles. The third kappa shape index (κ3) is 8.12. The molecule has 0 bridgehead atoms. The molecule has 0 fully saturated rings. The second-order valence-corrected chi connectivity index (χ2v) is 6.62. The molecule has 8 heteroatoms. The Morgan fingerprint density at radius 1 is 1.03 bits per heavy atom. The molecular formula is C23H30IN5O2. The number of benzene rings is 2. The molecule has 166 valence electrons. The number of methoxy groups -OCH3 is 1. The van der Waals surface area contributed by atoms with Gasteiger partial charge < -0.3 is 20.1 Å². The maximum Gasteiger partial charge on any atom is 0.191 e. The number of nitrogens with one attached hydrogen (secondary N) is 2. The molecule has 0 unspecified atom stereocenters. The van der Waals surface area contributed by atoms with Crippen LogP contribution < -0.4 is 20.1 Å². The molecule has 0 radical (unpaired) electrons. The van der Waals surface area contributed by atoms with Crippen LogP contribution in [0.2, 0.25) is 0 Å². The summed E-state index contributed by atoms with van der Waals surface area (Å²) in [7, 11) is 1.65. The number of aliphatic imine (C=N–C) groups is 1. The highest BCUT2D eigenvalue weighted by Crippen LogP contribution is 2.18. The summed E-state index contributed by atoms with van der Waals surface area (Å²) in [5.41, 5.74) is 2.39. The first-order valence-corrected chi connectivity index (χ1v) is 10.1. The Morgan fingerprint density at radius 3 is 2.58 bits per heavy atom. The molecular weight excluding hydrogens is 505 g/mol. The second-order valence-electron chi connectivity index (χ2n) is 6.62. The zero-order chi connectivity index (χ0) is 21.0. The highest BCUT2D eigenvalue weighted by molar-refractivity contribution is 14.0. The van der Waals surface area contributed by atoms with E-state index in [9.17, 15) is 0 Å². The molecule has 31 heavy (non-hydrogen) atoms. The summed E-state index contributed by atoms with van der Waals surface area (Å²) in [6.45, 7) is 5.32. The Balaban J connectivity index is 0.00000341. The Hall–Kier alpha value is -2.75. The van der Waals surface area contributed by atoms with Crippen molar-refractivity contribution in [3.8, 4) is 11.5 Å². The van der Waals surface area contributed by atoms with Gasteiger partial charge in [0.05, 0.1) is 26.7 Å². The predicted octanol–water partition coefficient (Wildman–Crippen LogP) is 3.69. The van der Waals surface area contributed by atoms with Crippen LogP contribution in [0, 0.1) is 0 Å². The maximum atomic E-state index is 5.78. The van der Waals surface area contributed by atoms with E-state index in [-0.39, 0.29) is 24.0 Å². The fraction of sp³-hybridized carbons (Fsp3) is 0.304. The zero-order valence-corrected chi connectivity index (χ0v) is 20.3. The first kappa shape index (κ1) is 24.5.